The number of nitro groups is 1. The van der Waals surface area contributed by atoms with Crippen molar-refractivity contribution in [3.8, 4) is 0 Å². The molecule has 104 valence electrons. The molecule has 0 aliphatic heterocycles. The van der Waals surface area contributed by atoms with Crippen LogP contribution in [0.15, 0.2) is 12.3 Å². The Morgan fingerprint density at radius 1 is 1.58 bits per heavy atom. The highest BCUT2D eigenvalue weighted by Gasteiger charge is 2.27. The third-order valence-electron chi connectivity index (χ3n) is 3.36. The molecule has 7 heteroatoms. The van der Waals surface area contributed by atoms with Crippen LogP contribution >= 0.6 is 11.6 Å². The van der Waals surface area contributed by atoms with Gasteiger partial charge in [0, 0.05) is 25.3 Å². The van der Waals surface area contributed by atoms with E-state index in [-0.39, 0.29) is 12.3 Å². The van der Waals surface area contributed by atoms with E-state index in [1.165, 1.54) is 18.7 Å². The van der Waals surface area contributed by atoms with Crippen LogP contribution in [0.4, 0.5) is 11.5 Å². The lowest BCUT2D eigenvalue weighted by molar-refractivity contribution is -0.385. The molecule has 1 heterocycles. The van der Waals surface area contributed by atoms with Gasteiger partial charge in [-0.1, -0.05) is 11.6 Å². The summed E-state index contributed by atoms with van der Waals surface area (Å²) in [5.74, 6) is 0.574. The normalized spacial score (nSPS) is 15.1. The highest BCUT2D eigenvalue weighted by molar-refractivity contribution is 6.33. The number of aromatic nitrogens is 1. The van der Waals surface area contributed by atoms with Gasteiger partial charge in [0.25, 0.3) is 5.69 Å². The van der Waals surface area contributed by atoms with E-state index in [1.807, 2.05) is 4.90 Å². The molecule has 0 radical (unpaired) electrons. The number of halogens is 1. The minimum Gasteiger partial charge on any atom is -0.396 e. The Labute approximate surface area is 116 Å². The minimum atomic E-state index is -0.510. The molecule has 1 aliphatic rings. The average molecular weight is 286 g/mol. The molecule has 0 spiro atoms. The van der Waals surface area contributed by atoms with Gasteiger partial charge in [-0.25, -0.2) is 4.98 Å². The third-order valence-corrected chi connectivity index (χ3v) is 3.64. The van der Waals surface area contributed by atoms with Gasteiger partial charge in [0.05, 0.1) is 9.95 Å². The zero-order valence-corrected chi connectivity index (χ0v) is 11.2. The summed E-state index contributed by atoms with van der Waals surface area (Å²) >= 11 is 6.10. The lowest BCUT2D eigenvalue weighted by Crippen LogP contribution is -2.41. The predicted octanol–water partition coefficient (Wildman–Crippen LogP) is 2.38. The van der Waals surface area contributed by atoms with Crippen molar-refractivity contribution in [1.29, 1.82) is 0 Å². The van der Waals surface area contributed by atoms with Gasteiger partial charge in [0.1, 0.15) is 12.0 Å². The zero-order valence-electron chi connectivity index (χ0n) is 10.5. The fourth-order valence-corrected chi connectivity index (χ4v) is 2.40. The first kappa shape index (κ1) is 14.0. The van der Waals surface area contributed by atoms with E-state index < -0.39 is 4.92 Å². The van der Waals surface area contributed by atoms with Crippen LogP contribution in [0, 0.1) is 10.1 Å². The molecule has 19 heavy (non-hydrogen) atoms. The van der Waals surface area contributed by atoms with E-state index in [0.29, 0.717) is 29.8 Å². The van der Waals surface area contributed by atoms with Crippen LogP contribution in [0.5, 0.6) is 0 Å². The Balaban J connectivity index is 2.22. The molecule has 0 aromatic carbocycles. The van der Waals surface area contributed by atoms with Gasteiger partial charge < -0.3 is 10.0 Å². The van der Waals surface area contributed by atoms with Crippen LogP contribution in [0.3, 0.4) is 0 Å². The van der Waals surface area contributed by atoms with Gasteiger partial charge in [-0.3, -0.25) is 10.1 Å². The maximum absolute atomic E-state index is 10.7. The van der Waals surface area contributed by atoms with E-state index >= 15 is 0 Å². The molecule has 1 aromatic heterocycles. The van der Waals surface area contributed by atoms with Gasteiger partial charge in [0.2, 0.25) is 0 Å². The van der Waals surface area contributed by atoms with E-state index in [4.69, 9.17) is 16.7 Å². The van der Waals surface area contributed by atoms with Crippen molar-refractivity contribution in [2.75, 3.05) is 18.1 Å². The Morgan fingerprint density at radius 3 is 2.79 bits per heavy atom. The number of aliphatic hydroxyl groups is 1. The molecular weight excluding hydrogens is 270 g/mol. The Morgan fingerprint density at radius 2 is 2.32 bits per heavy atom. The Hall–Kier alpha value is -1.40. The third kappa shape index (κ3) is 3.13. The molecule has 0 bridgehead atoms. The predicted molar refractivity (Wildman–Crippen MR) is 72.6 cm³/mol. The van der Waals surface area contributed by atoms with Crippen LogP contribution in [0.2, 0.25) is 5.02 Å². The van der Waals surface area contributed by atoms with Crippen molar-refractivity contribution < 1.29 is 10.0 Å². The maximum Gasteiger partial charge on any atom is 0.289 e. The van der Waals surface area contributed by atoms with Crippen LogP contribution in [-0.4, -0.2) is 34.2 Å². The second-order valence-electron chi connectivity index (χ2n) is 4.61. The molecular formula is C12H16ClN3O3. The summed E-state index contributed by atoms with van der Waals surface area (Å²) in [5.41, 5.74) is -0.107. The van der Waals surface area contributed by atoms with E-state index in [9.17, 15) is 10.1 Å². The SMILES string of the molecule is O=[N+]([O-])c1cnc(N(CCCO)C2CCC2)c(Cl)c1. The summed E-state index contributed by atoms with van der Waals surface area (Å²) in [7, 11) is 0. The summed E-state index contributed by atoms with van der Waals surface area (Å²) in [6, 6.07) is 1.70. The van der Waals surface area contributed by atoms with Gasteiger partial charge >= 0.3 is 0 Å². The molecule has 1 fully saturated rings. The van der Waals surface area contributed by atoms with Crippen molar-refractivity contribution in [2.24, 2.45) is 0 Å². The summed E-state index contributed by atoms with van der Waals surface area (Å²) in [4.78, 5) is 16.3. The number of pyridine rings is 1. The molecule has 2 rings (SSSR count). The molecule has 1 N–H and O–H groups in total. The van der Waals surface area contributed by atoms with Crippen LogP contribution in [0.1, 0.15) is 25.7 Å². The molecule has 1 saturated carbocycles. The molecule has 6 nitrogen and oxygen atoms in total. The number of nitrogens with zero attached hydrogens (tertiary/aromatic N) is 3. The molecule has 1 aromatic rings. The molecule has 0 atom stereocenters. The van der Waals surface area contributed by atoms with Crippen molar-refractivity contribution in [3.05, 3.63) is 27.4 Å². The quantitative estimate of drug-likeness (QED) is 0.641. The lowest BCUT2D eigenvalue weighted by Gasteiger charge is -2.38. The van der Waals surface area contributed by atoms with Gasteiger partial charge in [-0.05, 0) is 25.7 Å². The van der Waals surface area contributed by atoms with Crippen LogP contribution in [0.25, 0.3) is 0 Å². The fraction of sp³-hybridized carbons (Fsp3) is 0.583. The highest BCUT2D eigenvalue weighted by Crippen LogP contribution is 2.33. The standard InChI is InChI=1S/C12H16ClN3O3/c13-11-7-10(16(18)19)8-14-12(11)15(5-2-6-17)9-3-1-4-9/h7-9,17H,1-6H2. The van der Waals surface area contributed by atoms with Gasteiger partial charge in [0.15, 0.2) is 0 Å². The number of anilines is 1. The zero-order chi connectivity index (χ0) is 13.8. The van der Waals surface area contributed by atoms with Crippen molar-refractivity contribution in [1.82, 2.24) is 4.98 Å². The second kappa shape index (κ2) is 6.16. The first-order valence-electron chi connectivity index (χ1n) is 6.31. The summed E-state index contributed by atoms with van der Waals surface area (Å²) < 4.78 is 0. The smallest absolute Gasteiger partial charge is 0.289 e. The molecule has 1 aliphatic carbocycles. The summed E-state index contributed by atoms with van der Waals surface area (Å²) in [6.07, 6.45) is 5.17. The second-order valence-corrected chi connectivity index (χ2v) is 5.02. The number of aliphatic hydroxyl groups excluding tert-OH is 1. The number of rotatable bonds is 6. The van der Waals surface area contributed by atoms with E-state index in [2.05, 4.69) is 4.98 Å². The van der Waals surface area contributed by atoms with E-state index in [0.717, 1.165) is 12.8 Å². The molecule has 0 amide bonds. The van der Waals surface area contributed by atoms with Gasteiger partial charge in [-0.15, -0.1) is 0 Å². The fourth-order valence-electron chi connectivity index (χ4n) is 2.13. The average Bonchev–Trinajstić information content (AvgIpc) is 2.32. The number of hydrogen-bond donors (Lipinski definition) is 1. The topological polar surface area (TPSA) is 79.5 Å². The minimum absolute atomic E-state index is 0.105. The molecule has 0 unspecified atom stereocenters. The summed E-state index contributed by atoms with van der Waals surface area (Å²) in [6.45, 7) is 0.763. The maximum atomic E-state index is 10.7. The summed E-state index contributed by atoms with van der Waals surface area (Å²) in [5, 5.41) is 19.9. The van der Waals surface area contributed by atoms with Crippen molar-refractivity contribution in [2.45, 2.75) is 31.7 Å². The van der Waals surface area contributed by atoms with Crippen LogP contribution < -0.4 is 4.90 Å². The largest absolute Gasteiger partial charge is 0.396 e. The first-order chi connectivity index (χ1) is 9.13. The first-order valence-corrected chi connectivity index (χ1v) is 6.68. The van der Waals surface area contributed by atoms with E-state index in [1.54, 1.807) is 0 Å². The number of hydrogen-bond acceptors (Lipinski definition) is 5. The highest BCUT2D eigenvalue weighted by atomic mass is 35.5. The Bertz CT molecular complexity index is 466. The molecule has 0 saturated heterocycles. The van der Waals surface area contributed by atoms with Gasteiger partial charge in [-0.2, -0.15) is 0 Å². The van der Waals surface area contributed by atoms with Crippen molar-refractivity contribution >= 4 is 23.1 Å². The monoisotopic (exact) mass is 285 g/mol. The van der Waals surface area contributed by atoms with Crippen molar-refractivity contribution in [3.63, 3.8) is 0 Å². The Kier molecular flexibility index (Phi) is 4.55. The lowest BCUT2D eigenvalue weighted by atomic mass is 9.91. The van der Waals surface area contributed by atoms with Crippen LogP contribution in [-0.2, 0) is 0 Å².